The summed E-state index contributed by atoms with van der Waals surface area (Å²) in [6.45, 7) is 1.88. The number of nitrogen functional groups attached to an aromatic ring is 1. The summed E-state index contributed by atoms with van der Waals surface area (Å²) in [5.41, 5.74) is 7.18. The number of carbonyl (C=O) groups is 1. The zero-order valence-electron chi connectivity index (χ0n) is 12.1. The van der Waals surface area contributed by atoms with Crippen LogP contribution in [-0.2, 0) is 11.2 Å². The average Bonchev–Trinajstić information content (AvgIpc) is 2.95. The molecule has 1 amide bonds. The highest BCUT2D eigenvalue weighted by atomic mass is 35.5. The van der Waals surface area contributed by atoms with Gasteiger partial charge in [-0.25, -0.2) is 0 Å². The quantitative estimate of drug-likeness (QED) is 0.600. The number of nitrogens with two attached hydrogens (primary N) is 1. The molecule has 6 nitrogen and oxygen atoms in total. The maximum absolute atomic E-state index is 12.3. The molecule has 1 aromatic rings. The maximum Gasteiger partial charge on any atom is 0.261 e. The first kappa shape index (κ1) is 15.4. The van der Waals surface area contributed by atoms with E-state index in [1.165, 1.54) is 0 Å². The highest BCUT2D eigenvalue weighted by Crippen LogP contribution is 2.37. The van der Waals surface area contributed by atoms with E-state index in [9.17, 15) is 9.90 Å². The minimum Gasteiger partial charge on any atom is -0.480 e. The van der Waals surface area contributed by atoms with Gasteiger partial charge in [0.05, 0.1) is 16.8 Å². The molecule has 1 fully saturated rings. The van der Waals surface area contributed by atoms with Crippen LogP contribution in [0.4, 0.5) is 5.69 Å². The molecule has 3 rings (SSSR count). The van der Waals surface area contributed by atoms with Crippen LogP contribution in [-0.4, -0.2) is 42.9 Å². The molecule has 5 N–H and O–H groups in total. The van der Waals surface area contributed by atoms with Crippen LogP contribution in [0, 0.1) is 5.92 Å². The standard InChI is InChI=1S/C15H20ClN3O3/c16-10-1-2-12-9(14(10)17)5-13(22-12)15(21)19-6-8-3-4-18-7-11(8)20/h1-2,8,11,13,18,20H,3-7,17H2,(H,19,21). The molecule has 0 saturated carbocycles. The summed E-state index contributed by atoms with van der Waals surface area (Å²) in [5.74, 6) is 0.509. The van der Waals surface area contributed by atoms with E-state index in [1.807, 2.05) is 0 Å². The Labute approximate surface area is 134 Å². The van der Waals surface area contributed by atoms with Crippen LogP contribution in [0.3, 0.4) is 0 Å². The monoisotopic (exact) mass is 325 g/mol. The highest BCUT2D eigenvalue weighted by Gasteiger charge is 2.32. The summed E-state index contributed by atoms with van der Waals surface area (Å²) in [5, 5.41) is 16.3. The molecule has 3 atom stereocenters. The van der Waals surface area contributed by atoms with Crippen molar-refractivity contribution >= 4 is 23.2 Å². The predicted octanol–water partition coefficient (Wildman–Crippen LogP) is 0.312. The van der Waals surface area contributed by atoms with Crippen molar-refractivity contribution in [2.75, 3.05) is 25.4 Å². The van der Waals surface area contributed by atoms with Crippen LogP contribution in [0.25, 0.3) is 0 Å². The minimum atomic E-state index is -0.588. The first-order valence-electron chi connectivity index (χ1n) is 7.46. The lowest BCUT2D eigenvalue weighted by Crippen LogP contribution is -2.47. The van der Waals surface area contributed by atoms with Gasteiger partial charge in [-0.05, 0) is 25.1 Å². The number of ether oxygens (including phenoxy) is 1. The van der Waals surface area contributed by atoms with Crippen LogP contribution >= 0.6 is 11.6 Å². The van der Waals surface area contributed by atoms with Crippen molar-refractivity contribution < 1.29 is 14.6 Å². The maximum atomic E-state index is 12.3. The molecule has 22 heavy (non-hydrogen) atoms. The Hall–Kier alpha value is -1.50. The molecule has 3 unspecified atom stereocenters. The molecule has 2 heterocycles. The zero-order chi connectivity index (χ0) is 15.7. The van der Waals surface area contributed by atoms with Crippen LogP contribution in [0.2, 0.25) is 5.02 Å². The Balaban J connectivity index is 1.57. The molecule has 7 heteroatoms. The third kappa shape index (κ3) is 2.99. The van der Waals surface area contributed by atoms with Crippen molar-refractivity contribution in [3.05, 3.63) is 22.7 Å². The summed E-state index contributed by atoms with van der Waals surface area (Å²) in [7, 11) is 0. The minimum absolute atomic E-state index is 0.0773. The van der Waals surface area contributed by atoms with Gasteiger partial charge in [-0.15, -0.1) is 0 Å². The van der Waals surface area contributed by atoms with E-state index >= 15 is 0 Å². The fraction of sp³-hybridized carbons (Fsp3) is 0.533. The van der Waals surface area contributed by atoms with Crippen molar-refractivity contribution in [2.24, 2.45) is 5.92 Å². The molecule has 0 radical (unpaired) electrons. The molecule has 0 aromatic heterocycles. The number of carbonyl (C=O) groups excluding carboxylic acids is 1. The van der Waals surface area contributed by atoms with Crippen molar-refractivity contribution in [3.8, 4) is 5.75 Å². The molecular weight excluding hydrogens is 306 g/mol. The SMILES string of the molecule is Nc1c(Cl)ccc2c1CC(C(=O)NCC1CCNCC1O)O2. The number of amides is 1. The Morgan fingerprint density at radius 2 is 2.36 bits per heavy atom. The van der Waals surface area contributed by atoms with Crippen LogP contribution < -0.4 is 21.1 Å². The van der Waals surface area contributed by atoms with Crippen LogP contribution in [0.1, 0.15) is 12.0 Å². The molecule has 2 aliphatic heterocycles. The van der Waals surface area contributed by atoms with Gasteiger partial charge in [-0.2, -0.15) is 0 Å². The molecule has 0 spiro atoms. The highest BCUT2D eigenvalue weighted by molar-refractivity contribution is 6.33. The van der Waals surface area contributed by atoms with Gasteiger partial charge in [-0.1, -0.05) is 11.6 Å². The lowest BCUT2D eigenvalue weighted by Gasteiger charge is -2.28. The molecule has 1 saturated heterocycles. The lowest BCUT2D eigenvalue weighted by atomic mass is 9.95. The van der Waals surface area contributed by atoms with E-state index in [0.717, 1.165) is 18.5 Å². The molecule has 0 aliphatic carbocycles. The van der Waals surface area contributed by atoms with Gasteiger partial charge >= 0.3 is 0 Å². The number of piperidine rings is 1. The van der Waals surface area contributed by atoms with Gasteiger partial charge in [0.2, 0.25) is 0 Å². The van der Waals surface area contributed by atoms with E-state index in [2.05, 4.69) is 10.6 Å². The Morgan fingerprint density at radius 3 is 3.14 bits per heavy atom. The van der Waals surface area contributed by atoms with Gasteiger partial charge in [0.25, 0.3) is 5.91 Å². The summed E-state index contributed by atoms with van der Waals surface area (Å²) < 4.78 is 5.65. The van der Waals surface area contributed by atoms with E-state index in [-0.39, 0.29) is 11.8 Å². The number of rotatable bonds is 3. The predicted molar refractivity (Wildman–Crippen MR) is 84.0 cm³/mol. The van der Waals surface area contributed by atoms with Crippen molar-refractivity contribution in [2.45, 2.75) is 25.0 Å². The van der Waals surface area contributed by atoms with Gasteiger partial charge < -0.3 is 26.2 Å². The summed E-state index contributed by atoms with van der Waals surface area (Å²) in [4.78, 5) is 12.3. The number of fused-ring (bicyclic) bond motifs is 1. The molecule has 2 aliphatic rings. The second-order valence-corrected chi connectivity index (χ2v) is 6.22. The number of hydrogen-bond donors (Lipinski definition) is 4. The number of aliphatic hydroxyl groups excluding tert-OH is 1. The van der Waals surface area contributed by atoms with E-state index < -0.39 is 12.2 Å². The Morgan fingerprint density at radius 1 is 1.55 bits per heavy atom. The number of anilines is 1. The van der Waals surface area contributed by atoms with E-state index in [4.69, 9.17) is 22.1 Å². The van der Waals surface area contributed by atoms with Gasteiger partial charge in [0, 0.05) is 31.0 Å². The topological polar surface area (TPSA) is 96.6 Å². The van der Waals surface area contributed by atoms with Crippen LogP contribution in [0.15, 0.2) is 12.1 Å². The first-order chi connectivity index (χ1) is 10.6. The van der Waals surface area contributed by atoms with Gasteiger partial charge in [-0.3, -0.25) is 4.79 Å². The summed E-state index contributed by atoms with van der Waals surface area (Å²) in [6.07, 6.45) is 0.248. The lowest BCUT2D eigenvalue weighted by molar-refractivity contribution is -0.127. The fourth-order valence-corrected chi connectivity index (χ4v) is 3.12. The number of β-amino-alcohol motifs (C(OH)–C–C–N with tert-alkyl or cyclic N) is 1. The molecule has 0 bridgehead atoms. The zero-order valence-corrected chi connectivity index (χ0v) is 12.9. The third-order valence-corrected chi connectivity index (χ3v) is 4.67. The number of hydrogen-bond acceptors (Lipinski definition) is 5. The van der Waals surface area contributed by atoms with Crippen LogP contribution in [0.5, 0.6) is 5.75 Å². The van der Waals surface area contributed by atoms with E-state index in [0.29, 0.717) is 36.0 Å². The number of halogens is 1. The normalized spacial score (nSPS) is 27.1. The van der Waals surface area contributed by atoms with Crippen molar-refractivity contribution in [1.82, 2.24) is 10.6 Å². The second kappa shape index (κ2) is 6.32. The number of benzene rings is 1. The molecule has 120 valence electrons. The van der Waals surface area contributed by atoms with Crippen molar-refractivity contribution in [1.29, 1.82) is 0 Å². The Kier molecular flexibility index (Phi) is 4.42. The van der Waals surface area contributed by atoms with Crippen molar-refractivity contribution in [3.63, 3.8) is 0 Å². The molecule has 1 aromatic carbocycles. The molecular formula is C15H20ClN3O3. The van der Waals surface area contributed by atoms with Gasteiger partial charge in [0.15, 0.2) is 6.10 Å². The first-order valence-corrected chi connectivity index (χ1v) is 7.84. The fourth-order valence-electron chi connectivity index (χ4n) is 2.94. The Bertz CT molecular complexity index is 581. The smallest absolute Gasteiger partial charge is 0.261 e. The number of nitrogens with one attached hydrogen (secondary N) is 2. The largest absolute Gasteiger partial charge is 0.480 e. The average molecular weight is 326 g/mol. The van der Waals surface area contributed by atoms with E-state index in [1.54, 1.807) is 12.1 Å². The van der Waals surface area contributed by atoms with Gasteiger partial charge in [0.1, 0.15) is 5.75 Å². The third-order valence-electron chi connectivity index (χ3n) is 4.34. The summed E-state index contributed by atoms with van der Waals surface area (Å²) in [6, 6.07) is 3.40. The second-order valence-electron chi connectivity index (χ2n) is 5.81. The summed E-state index contributed by atoms with van der Waals surface area (Å²) >= 11 is 5.98. The number of aliphatic hydroxyl groups is 1.